The number of carbonyl (C=O) groups excluding carboxylic acids is 4. The predicted octanol–water partition coefficient (Wildman–Crippen LogP) is 1.78. The fraction of sp³-hybridized carbons (Fsp3) is 0.478. The molecule has 4 atom stereocenters. The highest BCUT2D eigenvalue weighted by molar-refractivity contribution is 7.99. The third-order valence-electron chi connectivity index (χ3n) is 5.53. The second-order valence-corrected chi connectivity index (χ2v) is 8.89. The van der Waals surface area contributed by atoms with E-state index in [1.54, 1.807) is 29.7 Å². The molecule has 1 aromatic rings. The summed E-state index contributed by atoms with van der Waals surface area (Å²) in [6, 6.07) is 8.43. The number of carbonyl (C=O) groups is 4. The van der Waals surface area contributed by atoms with Crippen LogP contribution in [-0.2, 0) is 23.9 Å². The zero-order valence-corrected chi connectivity index (χ0v) is 19.1. The van der Waals surface area contributed by atoms with Crippen molar-refractivity contribution in [3.8, 4) is 0 Å². The molecule has 0 saturated carbocycles. The van der Waals surface area contributed by atoms with E-state index in [2.05, 4.69) is 10.6 Å². The number of benzene rings is 1. The molecule has 3 rings (SSSR count). The minimum Gasteiger partial charge on any atom is -0.463 e. The molecule has 32 heavy (non-hydrogen) atoms. The van der Waals surface area contributed by atoms with Crippen molar-refractivity contribution in [2.75, 3.05) is 18.9 Å². The van der Waals surface area contributed by atoms with Crippen LogP contribution in [0, 0.1) is 5.92 Å². The topological polar surface area (TPSA) is 105 Å². The molecule has 2 aliphatic rings. The first kappa shape index (κ1) is 23.8. The molecular weight excluding hydrogens is 430 g/mol. The Morgan fingerprint density at radius 1 is 1.31 bits per heavy atom. The van der Waals surface area contributed by atoms with E-state index in [1.165, 1.54) is 13.0 Å². The maximum atomic E-state index is 13.2. The summed E-state index contributed by atoms with van der Waals surface area (Å²) < 4.78 is 4.93. The maximum Gasteiger partial charge on any atom is 0.330 e. The monoisotopic (exact) mass is 459 g/mol. The van der Waals surface area contributed by atoms with E-state index in [9.17, 15) is 19.2 Å². The van der Waals surface area contributed by atoms with E-state index in [4.69, 9.17) is 4.74 Å². The number of hydrogen-bond acceptors (Lipinski definition) is 6. The number of thioether (sulfide) groups is 1. The Hall–Kier alpha value is -2.81. The van der Waals surface area contributed by atoms with Gasteiger partial charge in [0.1, 0.15) is 11.4 Å². The lowest BCUT2D eigenvalue weighted by atomic mass is 9.97. The van der Waals surface area contributed by atoms with Crippen molar-refractivity contribution in [3.05, 3.63) is 48.0 Å². The van der Waals surface area contributed by atoms with Crippen LogP contribution in [-0.4, -0.2) is 59.6 Å². The Labute approximate surface area is 192 Å². The fourth-order valence-corrected chi connectivity index (χ4v) is 5.48. The summed E-state index contributed by atoms with van der Waals surface area (Å²) in [5.74, 6) is -0.830. The van der Waals surface area contributed by atoms with Crippen molar-refractivity contribution in [2.45, 2.75) is 44.1 Å². The molecule has 0 aromatic heterocycles. The molecule has 2 saturated heterocycles. The summed E-state index contributed by atoms with van der Waals surface area (Å²) in [5, 5.41) is 5.49. The largest absolute Gasteiger partial charge is 0.463 e. The Kier molecular flexibility index (Phi) is 8.33. The van der Waals surface area contributed by atoms with Gasteiger partial charge in [-0.2, -0.15) is 0 Å². The van der Waals surface area contributed by atoms with Gasteiger partial charge >= 0.3 is 5.97 Å². The third kappa shape index (κ3) is 5.91. The number of amides is 3. The van der Waals surface area contributed by atoms with E-state index in [0.29, 0.717) is 25.1 Å². The van der Waals surface area contributed by atoms with Crippen molar-refractivity contribution >= 4 is 35.5 Å². The van der Waals surface area contributed by atoms with Crippen LogP contribution in [0.25, 0.3) is 0 Å². The Morgan fingerprint density at radius 3 is 2.69 bits per heavy atom. The first-order valence-corrected chi connectivity index (χ1v) is 11.8. The molecule has 0 aliphatic carbocycles. The molecule has 9 heteroatoms. The van der Waals surface area contributed by atoms with Crippen molar-refractivity contribution in [1.82, 2.24) is 15.5 Å². The first-order valence-electron chi connectivity index (χ1n) is 10.8. The van der Waals surface area contributed by atoms with Gasteiger partial charge in [0.2, 0.25) is 17.7 Å². The fourth-order valence-electron chi connectivity index (χ4n) is 3.99. The summed E-state index contributed by atoms with van der Waals surface area (Å²) in [5.41, 5.74) is 0.962. The smallest absolute Gasteiger partial charge is 0.330 e. The molecule has 0 radical (unpaired) electrons. The second-order valence-electron chi connectivity index (χ2n) is 7.78. The van der Waals surface area contributed by atoms with Crippen LogP contribution in [0.5, 0.6) is 0 Å². The molecule has 2 fully saturated rings. The van der Waals surface area contributed by atoms with E-state index in [0.717, 1.165) is 5.56 Å². The first-order chi connectivity index (χ1) is 15.4. The normalized spacial score (nSPS) is 23.8. The lowest BCUT2D eigenvalue weighted by molar-refractivity contribution is -0.138. The number of hydrogen-bond donors (Lipinski definition) is 2. The summed E-state index contributed by atoms with van der Waals surface area (Å²) in [7, 11) is 0. The quantitative estimate of drug-likeness (QED) is 0.454. The second kappa shape index (κ2) is 11.2. The number of rotatable bonds is 8. The average molecular weight is 460 g/mol. The van der Waals surface area contributed by atoms with Crippen LogP contribution < -0.4 is 10.6 Å². The van der Waals surface area contributed by atoms with Crippen LogP contribution in [0.4, 0.5) is 0 Å². The van der Waals surface area contributed by atoms with Gasteiger partial charge in [-0.25, -0.2) is 4.79 Å². The maximum absolute atomic E-state index is 13.2. The zero-order chi connectivity index (χ0) is 23.1. The van der Waals surface area contributed by atoms with Gasteiger partial charge in [-0.15, -0.1) is 11.8 Å². The Balaban J connectivity index is 1.74. The molecule has 8 nitrogen and oxygen atoms in total. The van der Waals surface area contributed by atoms with Gasteiger partial charge in [0, 0.05) is 37.3 Å². The SMILES string of the molecule is CCOC(=O)/C=C/[C@H](C[C@@H]1CCNC1=O)NC(=O)C1CSC(c2ccccc2)N1C(C)=O. The van der Waals surface area contributed by atoms with Gasteiger partial charge in [-0.05, 0) is 25.3 Å². The van der Waals surface area contributed by atoms with Crippen molar-refractivity contribution in [1.29, 1.82) is 0 Å². The van der Waals surface area contributed by atoms with Crippen molar-refractivity contribution in [3.63, 3.8) is 0 Å². The predicted molar refractivity (Wildman–Crippen MR) is 121 cm³/mol. The minimum absolute atomic E-state index is 0.0558. The highest BCUT2D eigenvalue weighted by atomic mass is 32.2. The summed E-state index contributed by atoms with van der Waals surface area (Å²) in [6.07, 6.45) is 3.89. The van der Waals surface area contributed by atoms with Gasteiger partial charge in [0.05, 0.1) is 6.61 Å². The van der Waals surface area contributed by atoms with Crippen LogP contribution >= 0.6 is 11.8 Å². The number of nitrogens with one attached hydrogen (secondary N) is 2. The molecule has 2 N–H and O–H groups in total. The van der Waals surface area contributed by atoms with Crippen LogP contribution in [0.1, 0.15) is 37.6 Å². The molecule has 3 amide bonds. The van der Waals surface area contributed by atoms with Crippen LogP contribution in [0.2, 0.25) is 0 Å². The van der Waals surface area contributed by atoms with E-state index < -0.39 is 18.1 Å². The van der Waals surface area contributed by atoms with E-state index in [-0.39, 0.29) is 35.6 Å². The van der Waals surface area contributed by atoms with Gasteiger partial charge in [0.25, 0.3) is 0 Å². The van der Waals surface area contributed by atoms with Gasteiger partial charge < -0.3 is 20.3 Å². The Morgan fingerprint density at radius 2 is 2.06 bits per heavy atom. The molecule has 2 aliphatic heterocycles. The highest BCUT2D eigenvalue weighted by Crippen LogP contribution is 2.41. The number of esters is 1. The molecule has 0 spiro atoms. The summed E-state index contributed by atoms with van der Waals surface area (Å²) >= 11 is 1.54. The van der Waals surface area contributed by atoms with Gasteiger partial charge in [-0.3, -0.25) is 14.4 Å². The van der Waals surface area contributed by atoms with Crippen LogP contribution in [0.15, 0.2) is 42.5 Å². The van der Waals surface area contributed by atoms with Gasteiger partial charge in [-0.1, -0.05) is 36.4 Å². The number of nitrogens with zero attached hydrogens (tertiary/aromatic N) is 1. The zero-order valence-electron chi connectivity index (χ0n) is 18.3. The molecule has 0 bridgehead atoms. The molecule has 2 unspecified atom stereocenters. The van der Waals surface area contributed by atoms with Crippen molar-refractivity contribution in [2.24, 2.45) is 5.92 Å². The van der Waals surface area contributed by atoms with Crippen LogP contribution in [0.3, 0.4) is 0 Å². The minimum atomic E-state index is -0.640. The lowest BCUT2D eigenvalue weighted by Gasteiger charge is -2.29. The third-order valence-corrected chi connectivity index (χ3v) is 6.85. The van der Waals surface area contributed by atoms with E-state index in [1.807, 2.05) is 30.3 Å². The standard InChI is InChI=1S/C23H29N3O5S/c1-3-31-20(28)10-9-18(13-17-11-12-24-21(17)29)25-22(30)19-14-32-23(26(19)15(2)27)16-7-5-4-6-8-16/h4-10,17-19,23H,3,11-14H2,1-2H3,(H,24,29)(H,25,30)/b10-9+/t17-,18+,19?,23?/m0/s1. The molecular formula is C23H29N3O5S. The highest BCUT2D eigenvalue weighted by Gasteiger charge is 2.41. The Bertz CT molecular complexity index is 876. The molecule has 1 aromatic carbocycles. The molecule has 172 valence electrons. The average Bonchev–Trinajstić information content (AvgIpc) is 3.39. The van der Waals surface area contributed by atoms with Crippen molar-refractivity contribution < 1.29 is 23.9 Å². The lowest BCUT2D eigenvalue weighted by Crippen LogP contribution is -2.50. The summed E-state index contributed by atoms with van der Waals surface area (Å²) in [4.78, 5) is 51.1. The summed E-state index contributed by atoms with van der Waals surface area (Å²) in [6.45, 7) is 4.02. The number of ether oxygens (including phenoxy) is 1. The van der Waals surface area contributed by atoms with E-state index >= 15 is 0 Å². The molecule has 2 heterocycles. The van der Waals surface area contributed by atoms with Gasteiger partial charge in [0.15, 0.2) is 0 Å².